The van der Waals surface area contributed by atoms with Crippen molar-refractivity contribution in [3.8, 4) is 5.69 Å². The number of anilines is 1. The SMILES string of the molecule is CCCCNC(=O)c1cccc(-n2ccnc2SCC(=O)Nc2cc(F)ccc2F)c1. The molecule has 3 aromatic rings. The Kier molecular flexibility index (Phi) is 7.77. The van der Waals surface area contributed by atoms with Crippen LogP contribution in [0, 0.1) is 11.6 Å². The number of hydrogen-bond donors (Lipinski definition) is 2. The highest BCUT2D eigenvalue weighted by atomic mass is 32.2. The fraction of sp³-hybridized carbons (Fsp3) is 0.227. The molecule has 162 valence electrons. The van der Waals surface area contributed by atoms with E-state index in [0.29, 0.717) is 17.3 Å². The number of nitrogens with zero attached hydrogens (tertiary/aromatic N) is 2. The van der Waals surface area contributed by atoms with Crippen molar-refractivity contribution >= 4 is 29.3 Å². The summed E-state index contributed by atoms with van der Waals surface area (Å²) in [7, 11) is 0. The molecule has 0 fully saturated rings. The number of rotatable bonds is 9. The van der Waals surface area contributed by atoms with Gasteiger partial charge in [-0.1, -0.05) is 31.2 Å². The van der Waals surface area contributed by atoms with E-state index in [9.17, 15) is 18.4 Å². The number of thioether (sulfide) groups is 1. The second-order valence-corrected chi connectivity index (χ2v) is 7.64. The normalized spacial score (nSPS) is 10.7. The third kappa shape index (κ3) is 6.14. The molecule has 9 heteroatoms. The standard InChI is InChI=1S/C22H22F2N4O2S/c1-2-3-9-25-21(30)15-5-4-6-17(12-15)28-11-10-26-22(28)31-14-20(29)27-19-13-16(23)7-8-18(19)24/h4-8,10-13H,2-3,9,14H2,1H3,(H,25,30)(H,27,29). The van der Waals surface area contributed by atoms with Gasteiger partial charge in [0, 0.05) is 36.3 Å². The summed E-state index contributed by atoms with van der Waals surface area (Å²) in [4.78, 5) is 28.7. The lowest BCUT2D eigenvalue weighted by atomic mass is 10.2. The van der Waals surface area contributed by atoms with E-state index in [-0.39, 0.29) is 17.3 Å². The highest BCUT2D eigenvalue weighted by molar-refractivity contribution is 7.99. The molecule has 2 aromatic carbocycles. The van der Waals surface area contributed by atoms with E-state index < -0.39 is 17.5 Å². The Morgan fingerprint density at radius 3 is 2.81 bits per heavy atom. The van der Waals surface area contributed by atoms with Crippen molar-refractivity contribution < 1.29 is 18.4 Å². The van der Waals surface area contributed by atoms with Crippen LogP contribution in [0.15, 0.2) is 60.0 Å². The Morgan fingerprint density at radius 2 is 2.00 bits per heavy atom. The number of carbonyl (C=O) groups is 2. The molecule has 0 unspecified atom stereocenters. The molecule has 0 saturated carbocycles. The summed E-state index contributed by atoms with van der Waals surface area (Å²) in [6.45, 7) is 2.67. The molecule has 0 aliphatic heterocycles. The maximum Gasteiger partial charge on any atom is 0.251 e. The van der Waals surface area contributed by atoms with Crippen LogP contribution >= 0.6 is 11.8 Å². The van der Waals surface area contributed by atoms with Gasteiger partial charge in [0.1, 0.15) is 11.6 Å². The van der Waals surface area contributed by atoms with Crippen LogP contribution in [0.1, 0.15) is 30.1 Å². The number of nitrogens with one attached hydrogen (secondary N) is 2. The largest absolute Gasteiger partial charge is 0.352 e. The fourth-order valence-corrected chi connectivity index (χ4v) is 3.55. The van der Waals surface area contributed by atoms with E-state index in [1.165, 1.54) is 0 Å². The number of imidazole rings is 1. The summed E-state index contributed by atoms with van der Waals surface area (Å²) in [5.41, 5.74) is 1.04. The minimum atomic E-state index is -0.713. The number of unbranched alkanes of at least 4 members (excludes halogenated alkanes) is 1. The van der Waals surface area contributed by atoms with E-state index in [1.807, 2.05) is 6.07 Å². The van der Waals surface area contributed by atoms with Crippen LogP contribution < -0.4 is 10.6 Å². The molecule has 2 amide bonds. The molecule has 1 aromatic heterocycles. The van der Waals surface area contributed by atoms with Gasteiger partial charge in [-0.15, -0.1) is 0 Å². The van der Waals surface area contributed by atoms with Crippen molar-refractivity contribution in [1.29, 1.82) is 0 Å². The van der Waals surface area contributed by atoms with Crippen LogP contribution in [0.4, 0.5) is 14.5 Å². The zero-order valence-corrected chi connectivity index (χ0v) is 17.7. The molecular formula is C22H22F2N4O2S. The van der Waals surface area contributed by atoms with Crippen LogP contribution in [0.25, 0.3) is 5.69 Å². The van der Waals surface area contributed by atoms with E-state index in [4.69, 9.17) is 0 Å². The molecular weight excluding hydrogens is 422 g/mol. The lowest BCUT2D eigenvalue weighted by Crippen LogP contribution is -2.24. The van der Waals surface area contributed by atoms with Crippen molar-refractivity contribution in [2.45, 2.75) is 24.9 Å². The highest BCUT2D eigenvalue weighted by Crippen LogP contribution is 2.22. The highest BCUT2D eigenvalue weighted by Gasteiger charge is 2.13. The molecule has 0 spiro atoms. The third-order valence-corrected chi connectivity index (χ3v) is 5.31. The Balaban J connectivity index is 1.66. The molecule has 6 nitrogen and oxygen atoms in total. The van der Waals surface area contributed by atoms with Gasteiger partial charge < -0.3 is 10.6 Å². The summed E-state index contributed by atoms with van der Waals surface area (Å²) in [6, 6.07) is 9.94. The van der Waals surface area contributed by atoms with Crippen LogP contribution in [0.5, 0.6) is 0 Å². The first kappa shape index (κ1) is 22.5. The topological polar surface area (TPSA) is 76.0 Å². The molecule has 2 N–H and O–H groups in total. The van der Waals surface area contributed by atoms with Gasteiger partial charge in [0.15, 0.2) is 5.16 Å². The molecule has 1 heterocycles. The summed E-state index contributed by atoms with van der Waals surface area (Å²) < 4.78 is 28.7. The van der Waals surface area contributed by atoms with Crippen molar-refractivity contribution in [1.82, 2.24) is 14.9 Å². The third-order valence-electron chi connectivity index (χ3n) is 4.34. The van der Waals surface area contributed by atoms with Gasteiger partial charge in [0.2, 0.25) is 5.91 Å². The minimum Gasteiger partial charge on any atom is -0.352 e. The Bertz CT molecular complexity index is 1070. The average Bonchev–Trinajstić information content (AvgIpc) is 3.24. The zero-order valence-electron chi connectivity index (χ0n) is 16.9. The van der Waals surface area contributed by atoms with E-state index in [2.05, 4.69) is 22.5 Å². The molecule has 0 radical (unpaired) electrons. The average molecular weight is 445 g/mol. The Hall–Kier alpha value is -3.20. The second kappa shape index (κ2) is 10.7. The van der Waals surface area contributed by atoms with Crippen LogP contribution in [-0.2, 0) is 4.79 Å². The van der Waals surface area contributed by atoms with Crippen molar-refractivity contribution in [2.24, 2.45) is 0 Å². The van der Waals surface area contributed by atoms with Crippen molar-refractivity contribution in [3.05, 3.63) is 72.1 Å². The van der Waals surface area contributed by atoms with E-state index >= 15 is 0 Å². The molecule has 3 rings (SSSR count). The first-order valence-electron chi connectivity index (χ1n) is 9.77. The number of halogens is 2. The molecule has 0 aliphatic rings. The molecule has 31 heavy (non-hydrogen) atoms. The number of benzene rings is 2. The second-order valence-electron chi connectivity index (χ2n) is 6.70. The van der Waals surface area contributed by atoms with E-state index in [1.54, 1.807) is 35.2 Å². The maximum atomic E-state index is 13.7. The van der Waals surface area contributed by atoms with Gasteiger partial charge in [-0.25, -0.2) is 13.8 Å². The first-order valence-corrected chi connectivity index (χ1v) is 10.8. The summed E-state index contributed by atoms with van der Waals surface area (Å²) >= 11 is 1.14. The Morgan fingerprint density at radius 1 is 1.16 bits per heavy atom. The van der Waals surface area contributed by atoms with E-state index in [0.717, 1.165) is 48.5 Å². The summed E-state index contributed by atoms with van der Waals surface area (Å²) in [6.07, 6.45) is 5.21. The van der Waals surface area contributed by atoms with Crippen LogP contribution in [0.3, 0.4) is 0 Å². The lowest BCUT2D eigenvalue weighted by Gasteiger charge is -2.10. The maximum absolute atomic E-state index is 13.7. The summed E-state index contributed by atoms with van der Waals surface area (Å²) in [5.74, 6) is -2.05. The Labute approximate surface area is 183 Å². The molecule has 0 aliphatic carbocycles. The van der Waals surface area contributed by atoms with Gasteiger partial charge in [0.25, 0.3) is 5.91 Å². The number of aromatic nitrogens is 2. The van der Waals surface area contributed by atoms with Crippen molar-refractivity contribution in [3.63, 3.8) is 0 Å². The first-order chi connectivity index (χ1) is 15.0. The van der Waals surface area contributed by atoms with Gasteiger partial charge >= 0.3 is 0 Å². The predicted molar refractivity (Wildman–Crippen MR) is 117 cm³/mol. The lowest BCUT2D eigenvalue weighted by molar-refractivity contribution is -0.113. The van der Waals surface area contributed by atoms with Gasteiger partial charge in [-0.2, -0.15) is 0 Å². The monoisotopic (exact) mass is 444 g/mol. The molecule has 0 bridgehead atoms. The fourth-order valence-electron chi connectivity index (χ4n) is 2.78. The minimum absolute atomic E-state index is 0.0514. The van der Waals surface area contributed by atoms with Gasteiger partial charge in [0.05, 0.1) is 11.4 Å². The van der Waals surface area contributed by atoms with Gasteiger partial charge in [-0.05, 0) is 36.8 Å². The van der Waals surface area contributed by atoms with Crippen LogP contribution in [0.2, 0.25) is 0 Å². The zero-order chi connectivity index (χ0) is 22.2. The predicted octanol–water partition coefficient (Wildman–Crippen LogP) is 4.41. The quantitative estimate of drug-likeness (QED) is 0.379. The summed E-state index contributed by atoms with van der Waals surface area (Å²) in [5, 5.41) is 5.76. The molecule has 0 atom stereocenters. The van der Waals surface area contributed by atoms with Crippen LogP contribution in [-0.4, -0.2) is 33.7 Å². The number of carbonyl (C=O) groups excluding carboxylic acids is 2. The van der Waals surface area contributed by atoms with Gasteiger partial charge in [-0.3, -0.25) is 14.2 Å². The molecule has 0 saturated heterocycles. The number of hydrogen-bond acceptors (Lipinski definition) is 4. The number of amides is 2. The van der Waals surface area contributed by atoms with Crippen molar-refractivity contribution in [2.75, 3.05) is 17.6 Å². The smallest absolute Gasteiger partial charge is 0.251 e.